The molecule has 0 saturated heterocycles. The number of fused-ring (bicyclic) bond motifs is 1. The molecule has 0 atom stereocenters. The molecular formula is C12H17N3OS. The van der Waals surface area contributed by atoms with Crippen LogP contribution in [0.1, 0.15) is 31.4 Å². The van der Waals surface area contributed by atoms with Gasteiger partial charge in [0.25, 0.3) is 0 Å². The molecule has 0 radical (unpaired) electrons. The van der Waals surface area contributed by atoms with E-state index < -0.39 is 0 Å². The van der Waals surface area contributed by atoms with Gasteiger partial charge in [0.2, 0.25) is 0 Å². The number of nitrogens with zero attached hydrogens (tertiary/aromatic N) is 2. The normalized spacial score (nSPS) is 11.1. The largest absolute Gasteiger partial charge is 0.330 e. The predicted molar refractivity (Wildman–Crippen MR) is 69.3 cm³/mol. The zero-order chi connectivity index (χ0) is 12.1. The first kappa shape index (κ1) is 12.3. The number of Topliss-reactive ketones (excluding diaryl/α,β-unsaturated/α-hetero) is 1. The highest BCUT2D eigenvalue weighted by molar-refractivity contribution is 7.15. The highest BCUT2D eigenvalue weighted by Gasteiger charge is 2.07. The number of rotatable bonds is 7. The van der Waals surface area contributed by atoms with Crippen LogP contribution in [-0.2, 0) is 11.2 Å². The summed E-state index contributed by atoms with van der Waals surface area (Å²) in [5.74, 6) is 0.271. The van der Waals surface area contributed by atoms with Crippen molar-refractivity contribution in [2.75, 3.05) is 6.54 Å². The fourth-order valence-electron chi connectivity index (χ4n) is 1.79. The first-order valence-corrected chi connectivity index (χ1v) is 6.80. The van der Waals surface area contributed by atoms with E-state index in [9.17, 15) is 4.79 Å². The summed E-state index contributed by atoms with van der Waals surface area (Å²) in [6, 6.07) is 0. The smallest absolute Gasteiger partial charge is 0.193 e. The number of unbranched alkanes of at least 4 members (excludes halogenated alkanes) is 2. The van der Waals surface area contributed by atoms with Gasteiger partial charge in [0.1, 0.15) is 5.78 Å². The molecular weight excluding hydrogens is 234 g/mol. The van der Waals surface area contributed by atoms with Gasteiger partial charge >= 0.3 is 0 Å². The molecule has 5 heteroatoms. The van der Waals surface area contributed by atoms with E-state index in [1.807, 2.05) is 22.2 Å². The van der Waals surface area contributed by atoms with E-state index in [1.54, 1.807) is 11.3 Å². The van der Waals surface area contributed by atoms with Gasteiger partial charge in [-0.3, -0.25) is 9.20 Å². The van der Waals surface area contributed by atoms with Crippen molar-refractivity contribution in [3.63, 3.8) is 0 Å². The van der Waals surface area contributed by atoms with Crippen LogP contribution in [0.5, 0.6) is 0 Å². The molecule has 0 aliphatic rings. The SMILES string of the molecule is NCCCCCC(=O)Cc1cn2ccsc2n1. The van der Waals surface area contributed by atoms with Crippen molar-refractivity contribution >= 4 is 22.1 Å². The topological polar surface area (TPSA) is 60.4 Å². The zero-order valence-electron chi connectivity index (χ0n) is 9.76. The molecule has 2 rings (SSSR count). The molecule has 2 N–H and O–H groups in total. The quantitative estimate of drug-likeness (QED) is 0.766. The van der Waals surface area contributed by atoms with Crippen molar-refractivity contribution < 1.29 is 4.79 Å². The first-order chi connectivity index (χ1) is 8.29. The Morgan fingerprint density at radius 2 is 2.29 bits per heavy atom. The Labute approximate surface area is 104 Å². The molecule has 0 bridgehead atoms. The number of nitrogens with two attached hydrogens (primary N) is 1. The van der Waals surface area contributed by atoms with Gasteiger partial charge in [0.05, 0.1) is 12.1 Å². The van der Waals surface area contributed by atoms with Crippen molar-refractivity contribution in [3.8, 4) is 0 Å². The number of carbonyl (C=O) groups is 1. The molecule has 92 valence electrons. The lowest BCUT2D eigenvalue weighted by atomic mass is 10.1. The highest BCUT2D eigenvalue weighted by Crippen LogP contribution is 2.12. The third-order valence-corrected chi connectivity index (χ3v) is 3.45. The van der Waals surface area contributed by atoms with Crippen LogP contribution in [0.3, 0.4) is 0 Å². The second-order valence-corrected chi connectivity index (χ2v) is 5.01. The summed E-state index contributed by atoms with van der Waals surface area (Å²) < 4.78 is 1.96. The van der Waals surface area contributed by atoms with Gasteiger partial charge in [-0.1, -0.05) is 6.42 Å². The van der Waals surface area contributed by atoms with Crippen LogP contribution in [0.25, 0.3) is 4.96 Å². The number of aromatic nitrogens is 2. The van der Waals surface area contributed by atoms with E-state index in [-0.39, 0.29) is 5.78 Å². The molecule has 0 saturated carbocycles. The van der Waals surface area contributed by atoms with Gasteiger partial charge in [0.15, 0.2) is 4.96 Å². The Morgan fingerprint density at radius 1 is 1.41 bits per heavy atom. The van der Waals surface area contributed by atoms with Crippen LogP contribution in [-0.4, -0.2) is 21.7 Å². The molecule has 2 heterocycles. The Morgan fingerprint density at radius 3 is 3.06 bits per heavy atom. The van der Waals surface area contributed by atoms with E-state index in [0.29, 0.717) is 19.4 Å². The summed E-state index contributed by atoms with van der Waals surface area (Å²) in [6.45, 7) is 0.714. The number of carbonyl (C=O) groups excluding carboxylic acids is 1. The second kappa shape index (κ2) is 5.93. The lowest BCUT2D eigenvalue weighted by Gasteiger charge is -1.98. The molecule has 0 spiro atoms. The van der Waals surface area contributed by atoms with E-state index >= 15 is 0 Å². The van der Waals surface area contributed by atoms with E-state index in [1.165, 1.54) is 0 Å². The highest BCUT2D eigenvalue weighted by atomic mass is 32.1. The minimum absolute atomic E-state index is 0.271. The van der Waals surface area contributed by atoms with Crippen molar-refractivity contribution in [1.29, 1.82) is 0 Å². The lowest BCUT2D eigenvalue weighted by Crippen LogP contribution is -2.04. The number of ketones is 1. The molecule has 2 aromatic rings. The number of thiazole rings is 1. The Balaban J connectivity index is 1.80. The summed E-state index contributed by atoms with van der Waals surface area (Å²) in [6.07, 6.45) is 7.99. The van der Waals surface area contributed by atoms with Crippen LogP contribution < -0.4 is 5.73 Å². The van der Waals surface area contributed by atoms with Gasteiger partial charge in [-0.2, -0.15) is 0 Å². The molecule has 0 aromatic carbocycles. The lowest BCUT2D eigenvalue weighted by molar-refractivity contribution is -0.118. The number of hydrogen-bond donors (Lipinski definition) is 1. The van der Waals surface area contributed by atoms with Crippen molar-refractivity contribution in [1.82, 2.24) is 9.38 Å². The van der Waals surface area contributed by atoms with Crippen LogP contribution in [0, 0.1) is 0 Å². The molecule has 0 unspecified atom stereocenters. The maximum Gasteiger partial charge on any atom is 0.193 e. The predicted octanol–water partition coefficient (Wildman–Crippen LogP) is 2.03. The maximum absolute atomic E-state index is 11.7. The summed E-state index contributed by atoms with van der Waals surface area (Å²) in [4.78, 5) is 17.0. The van der Waals surface area contributed by atoms with Gasteiger partial charge in [-0.05, 0) is 19.4 Å². The second-order valence-electron chi connectivity index (χ2n) is 4.14. The van der Waals surface area contributed by atoms with Gasteiger partial charge in [-0.15, -0.1) is 11.3 Å². The molecule has 0 aliphatic heterocycles. The molecule has 0 fully saturated rings. The van der Waals surface area contributed by atoms with Crippen molar-refractivity contribution in [2.24, 2.45) is 5.73 Å². The van der Waals surface area contributed by atoms with Gasteiger partial charge < -0.3 is 5.73 Å². The van der Waals surface area contributed by atoms with Gasteiger partial charge in [-0.25, -0.2) is 4.98 Å². The molecule has 0 amide bonds. The first-order valence-electron chi connectivity index (χ1n) is 5.92. The van der Waals surface area contributed by atoms with E-state index in [0.717, 1.165) is 29.9 Å². The standard InChI is InChI=1S/C12H17N3OS/c13-5-3-1-2-4-11(16)8-10-9-15-6-7-17-12(15)14-10/h6-7,9H,1-5,8,13H2. The van der Waals surface area contributed by atoms with Crippen molar-refractivity contribution in [3.05, 3.63) is 23.5 Å². The Bertz CT molecular complexity index is 460. The van der Waals surface area contributed by atoms with Crippen LogP contribution in [0.4, 0.5) is 0 Å². The summed E-state index contributed by atoms with van der Waals surface area (Å²) >= 11 is 1.59. The monoisotopic (exact) mass is 251 g/mol. The zero-order valence-corrected chi connectivity index (χ0v) is 10.6. The Hall–Kier alpha value is -1.20. The van der Waals surface area contributed by atoms with E-state index in [4.69, 9.17) is 5.73 Å². The molecule has 2 aromatic heterocycles. The minimum Gasteiger partial charge on any atom is -0.330 e. The fourth-order valence-corrected chi connectivity index (χ4v) is 2.51. The average Bonchev–Trinajstić information content (AvgIpc) is 2.84. The van der Waals surface area contributed by atoms with Crippen molar-refractivity contribution in [2.45, 2.75) is 32.1 Å². The molecule has 0 aliphatic carbocycles. The number of imidazole rings is 1. The minimum atomic E-state index is 0.271. The summed E-state index contributed by atoms with van der Waals surface area (Å²) in [5.41, 5.74) is 6.28. The fraction of sp³-hybridized carbons (Fsp3) is 0.500. The average molecular weight is 251 g/mol. The number of hydrogen-bond acceptors (Lipinski definition) is 4. The van der Waals surface area contributed by atoms with Crippen LogP contribution >= 0.6 is 11.3 Å². The maximum atomic E-state index is 11.7. The summed E-state index contributed by atoms with van der Waals surface area (Å²) in [5, 5.41) is 1.99. The summed E-state index contributed by atoms with van der Waals surface area (Å²) in [7, 11) is 0. The Kier molecular flexibility index (Phi) is 4.28. The van der Waals surface area contributed by atoms with E-state index in [2.05, 4.69) is 4.98 Å². The van der Waals surface area contributed by atoms with Crippen LogP contribution in [0.2, 0.25) is 0 Å². The third-order valence-electron chi connectivity index (χ3n) is 2.68. The molecule has 17 heavy (non-hydrogen) atoms. The van der Waals surface area contributed by atoms with Gasteiger partial charge in [0, 0.05) is 24.2 Å². The molecule has 4 nitrogen and oxygen atoms in total. The van der Waals surface area contributed by atoms with Crippen LogP contribution in [0.15, 0.2) is 17.8 Å². The third kappa shape index (κ3) is 3.38.